The molecule has 36 heavy (non-hydrogen) atoms. The maximum atomic E-state index is 14.0. The van der Waals surface area contributed by atoms with Crippen molar-refractivity contribution in [2.45, 2.75) is 65.1 Å². The predicted molar refractivity (Wildman–Crippen MR) is 137 cm³/mol. The fraction of sp³-hybridized carbons (Fsp3) is 0.517. The third kappa shape index (κ3) is 4.92. The number of benzene rings is 2. The Balaban J connectivity index is 1.65. The normalized spacial score (nSPS) is 25.3. The van der Waals surface area contributed by atoms with Gasteiger partial charge in [0.05, 0.1) is 25.9 Å². The van der Waals surface area contributed by atoms with Crippen LogP contribution in [0, 0.1) is 11.3 Å². The molecule has 0 saturated carbocycles. The third-order valence-electron chi connectivity index (χ3n) is 7.27. The lowest BCUT2D eigenvalue weighted by molar-refractivity contribution is -0.476. The van der Waals surface area contributed by atoms with Gasteiger partial charge in [-0.25, -0.2) is 0 Å². The minimum atomic E-state index is -1.34. The quantitative estimate of drug-likeness (QED) is 0.583. The van der Waals surface area contributed by atoms with Crippen molar-refractivity contribution in [1.82, 2.24) is 10.2 Å². The largest absolute Gasteiger partial charge is 0.343 e. The lowest BCUT2D eigenvalue weighted by atomic mass is 9.89. The molecule has 0 aliphatic carbocycles. The molecule has 2 bridgehead atoms. The van der Waals surface area contributed by atoms with Gasteiger partial charge in [-0.1, -0.05) is 69.3 Å². The molecule has 5 rings (SSSR count). The van der Waals surface area contributed by atoms with Crippen molar-refractivity contribution >= 4 is 11.8 Å². The molecular formula is C29H38N2O5. The molecule has 0 radical (unpaired) electrons. The first-order chi connectivity index (χ1) is 17.0. The molecule has 2 aromatic carbocycles. The van der Waals surface area contributed by atoms with E-state index in [0.717, 1.165) is 5.56 Å². The molecule has 1 unspecified atom stereocenters. The van der Waals surface area contributed by atoms with Gasteiger partial charge in [0.25, 0.3) is 5.91 Å². The SMILES string of the molecule is CC(C)C(NC(=O)C(C)(C)N(C(=O)c1ccccc1)[C@@H](C)c1ccccc1)C12OCC(C)(CO1)CO2. The van der Waals surface area contributed by atoms with Gasteiger partial charge in [0, 0.05) is 11.0 Å². The van der Waals surface area contributed by atoms with Crippen LogP contribution in [0.4, 0.5) is 0 Å². The summed E-state index contributed by atoms with van der Waals surface area (Å²) in [6, 6.07) is 17.9. The van der Waals surface area contributed by atoms with Crippen LogP contribution >= 0.6 is 0 Å². The first-order valence-electron chi connectivity index (χ1n) is 12.7. The van der Waals surface area contributed by atoms with E-state index in [0.29, 0.717) is 25.4 Å². The molecule has 3 aliphatic heterocycles. The number of ether oxygens (including phenoxy) is 3. The molecular weight excluding hydrogens is 456 g/mol. The molecule has 3 fully saturated rings. The van der Waals surface area contributed by atoms with Crippen LogP contribution < -0.4 is 5.32 Å². The zero-order valence-corrected chi connectivity index (χ0v) is 22.1. The number of carbonyl (C=O) groups excluding carboxylic acids is 2. The average Bonchev–Trinajstić information content (AvgIpc) is 2.88. The molecule has 3 aliphatic rings. The van der Waals surface area contributed by atoms with Gasteiger partial charge in [0.1, 0.15) is 11.6 Å². The first kappa shape index (κ1) is 26.3. The van der Waals surface area contributed by atoms with Gasteiger partial charge in [-0.2, -0.15) is 0 Å². The van der Waals surface area contributed by atoms with E-state index in [1.807, 2.05) is 69.3 Å². The van der Waals surface area contributed by atoms with Gasteiger partial charge >= 0.3 is 5.97 Å². The number of fused-ring (bicyclic) bond motifs is 3. The summed E-state index contributed by atoms with van der Waals surface area (Å²) in [7, 11) is 0. The number of amides is 2. The van der Waals surface area contributed by atoms with Crippen molar-refractivity contribution in [3.8, 4) is 0 Å². The molecule has 2 atom stereocenters. The number of nitrogens with zero attached hydrogens (tertiary/aromatic N) is 1. The second kappa shape index (κ2) is 9.96. The van der Waals surface area contributed by atoms with Crippen molar-refractivity contribution in [1.29, 1.82) is 0 Å². The van der Waals surface area contributed by atoms with Crippen molar-refractivity contribution in [2.24, 2.45) is 11.3 Å². The van der Waals surface area contributed by atoms with Crippen LogP contribution in [0.3, 0.4) is 0 Å². The van der Waals surface area contributed by atoms with Crippen LogP contribution in [-0.4, -0.2) is 54.1 Å². The Morgan fingerprint density at radius 1 is 0.889 bits per heavy atom. The van der Waals surface area contributed by atoms with E-state index in [2.05, 4.69) is 12.2 Å². The molecule has 1 N–H and O–H groups in total. The summed E-state index contributed by atoms with van der Waals surface area (Å²) < 4.78 is 18.2. The van der Waals surface area contributed by atoms with Gasteiger partial charge in [0.2, 0.25) is 5.91 Å². The fourth-order valence-corrected chi connectivity index (χ4v) is 4.95. The maximum Gasteiger partial charge on any atom is 0.304 e. The fourth-order valence-electron chi connectivity index (χ4n) is 4.95. The van der Waals surface area contributed by atoms with E-state index in [4.69, 9.17) is 14.2 Å². The van der Waals surface area contributed by atoms with Gasteiger partial charge in [-0.05, 0) is 44.4 Å². The second-order valence-corrected chi connectivity index (χ2v) is 11.2. The highest BCUT2D eigenvalue weighted by molar-refractivity contribution is 5.99. The molecule has 3 heterocycles. The summed E-state index contributed by atoms with van der Waals surface area (Å²) in [5, 5.41) is 3.14. The minimum absolute atomic E-state index is 0.0444. The van der Waals surface area contributed by atoms with E-state index in [1.165, 1.54) is 0 Å². The highest BCUT2D eigenvalue weighted by Crippen LogP contribution is 2.41. The molecule has 194 valence electrons. The van der Waals surface area contributed by atoms with E-state index in [1.54, 1.807) is 30.9 Å². The lowest BCUT2D eigenvalue weighted by Gasteiger charge is -2.54. The van der Waals surface area contributed by atoms with Crippen molar-refractivity contribution < 1.29 is 23.8 Å². The summed E-state index contributed by atoms with van der Waals surface area (Å²) in [6.07, 6.45) is 0. The highest BCUT2D eigenvalue weighted by Gasteiger charge is 2.57. The lowest BCUT2D eigenvalue weighted by Crippen LogP contribution is -2.70. The van der Waals surface area contributed by atoms with Gasteiger partial charge in [-0.3, -0.25) is 9.59 Å². The van der Waals surface area contributed by atoms with Crippen LogP contribution in [0.15, 0.2) is 60.7 Å². The van der Waals surface area contributed by atoms with E-state index in [-0.39, 0.29) is 29.2 Å². The Kier molecular flexibility index (Phi) is 7.28. The van der Waals surface area contributed by atoms with Gasteiger partial charge in [-0.15, -0.1) is 0 Å². The first-order valence-corrected chi connectivity index (χ1v) is 12.7. The molecule has 0 aromatic heterocycles. The molecule has 7 heteroatoms. The Bertz CT molecular complexity index is 1050. The van der Waals surface area contributed by atoms with Crippen LogP contribution in [0.25, 0.3) is 0 Å². The monoisotopic (exact) mass is 494 g/mol. The Morgan fingerprint density at radius 2 is 1.39 bits per heavy atom. The van der Waals surface area contributed by atoms with Crippen LogP contribution in [0.2, 0.25) is 0 Å². The summed E-state index contributed by atoms with van der Waals surface area (Å²) in [4.78, 5) is 29.5. The van der Waals surface area contributed by atoms with Crippen molar-refractivity contribution in [3.63, 3.8) is 0 Å². The van der Waals surface area contributed by atoms with Crippen LogP contribution in [-0.2, 0) is 19.0 Å². The number of nitrogens with one attached hydrogen (secondary N) is 1. The number of rotatable bonds is 8. The molecule has 7 nitrogen and oxygen atoms in total. The summed E-state index contributed by atoms with van der Waals surface area (Å²) in [5.74, 6) is -1.91. The molecule has 2 amide bonds. The minimum Gasteiger partial charge on any atom is -0.343 e. The zero-order chi connectivity index (χ0) is 26.1. The second-order valence-electron chi connectivity index (χ2n) is 11.2. The maximum absolute atomic E-state index is 14.0. The van der Waals surface area contributed by atoms with E-state index in [9.17, 15) is 9.59 Å². The number of hydrogen-bond donors (Lipinski definition) is 1. The average molecular weight is 495 g/mol. The topological polar surface area (TPSA) is 77.1 Å². The Hall–Kier alpha value is -2.74. The highest BCUT2D eigenvalue weighted by atomic mass is 16.9. The Morgan fingerprint density at radius 3 is 1.89 bits per heavy atom. The number of hydrogen-bond acceptors (Lipinski definition) is 5. The van der Waals surface area contributed by atoms with Crippen LogP contribution in [0.5, 0.6) is 0 Å². The van der Waals surface area contributed by atoms with Gasteiger partial charge in [0.15, 0.2) is 0 Å². The summed E-state index contributed by atoms with van der Waals surface area (Å²) in [5.41, 5.74) is 0.0740. The zero-order valence-electron chi connectivity index (χ0n) is 22.1. The van der Waals surface area contributed by atoms with Crippen LogP contribution in [0.1, 0.15) is 63.5 Å². The standard InChI is InChI=1S/C29H38N2O5/c1-20(2)24(29-34-17-28(6,18-35-29)19-36-29)30-26(33)27(4,5)31(21(3)22-13-9-7-10-14-22)25(32)23-15-11-8-12-16-23/h7-16,20-21,24H,17-19H2,1-6H3,(H,30,33)/t21-,24?,28?,29?/m0/s1. The van der Waals surface area contributed by atoms with Crippen molar-refractivity contribution in [3.05, 3.63) is 71.8 Å². The molecule has 3 saturated heterocycles. The summed E-state index contributed by atoms with van der Waals surface area (Å²) in [6.45, 7) is 13.0. The smallest absolute Gasteiger partial charge is 0.304 e. The van der Waals surface area contributed by atoms with Gasteiger partial charge < -0.3 is 24.4 Å². The molecule has 0 spiro atoms. The van der Waals surface area contributed by atoms with Crippen molar-refractivity contribution in [2.75, 3.05) is 19.8 Å². The molecule has 2 aromatic rings. The predicted octanol–water partition coefficient (Wildman–Crippen LogP) is 4.55. The third-order valence-corrected chi connectivity index (χ3v) is 7.27. The van der Waals surface area contributed by atoms with E-state index >= 15 is 0 Å². The Labute approximate surface area is 214 Å². The summed E-state index contributed by atoms with van der Waals surface area (Å²) >= 11 is 0. The number of carbonyl (C=O) groups is 2. The van der Waals surface area contributed by atoms with E-state index < -0.39 is 17.6 Å².